The molecule has 170 valence electrons. The van der Waals surface area contributed by atoms with Crippen LogP contribution in [-0.2, 0) is 9.53 Å². The summed E-state index contributed by atoms with van der Waals surface area (Å²) in [4.78, 5) is 33.1. The fraction of sp³-hybridized carbons (Fsp3) is 0.250. The normalized spacial score (nSPS) is 16.1. The number of thioether (sulfide) groups is 1. The quantitative estimate of drug-likeness (QED) is 0.404. The van der Waals surface area contributed by atoms with Crippen LogP contribution in [0.4, 0.5) is 5.82 Å². The number of rotatable bonds is 7. The summed E-state index contributed by atoms with van der Waals surface area (Å²) in [5.41, 5.74) is 2.56. The first-order chi connectivity index (χ1) is 15.9. The van der Waals surface area contributed by atoms with Crippen LogP contribution >= 0.6 is 24.0 Å². The van der Waals surface area contributed by atoms with Gasteiger partial charge in [-0.25, -0.2) is 4.98 Å². The maximum absolute atomic E-state index is 13.5. The molecule has 3 heterocycles. The third kappa shape index (κ3) is 4.71. The number of nitrogens with zero attached hydrogens (tertiary/aromatic N) is 3. The number of hydrogen-bond donors (Lipinski definition) is 1. The number of hydrogen-bond acceptors (Lipinski definition) is 7. The summed E-state index contributed by atoms with van der Waals surface area (Å²) in [5.74, 6) is 0.186. The number of aryl methyl sites for hydroxylation is 1. The van der Waals surface area contributed by atoms with E-state index in [2.05, 4.69) is 5.32 Å². The molecular weight excluding hydrogens is 456 g/mol. The molecule has 1 atom stereocenters. The van der Waals surface area contributed by atoms with E-state index < -0.39 is 0 Å². The van der Waals surface area contributed by atoms with Gasteiger partial charge in [0.15, 0.2) is 0 Å². The first-order valence-corrected chi connectivity index (χ1v) is 11.7. The van der Waals surface area contributed by atoms with Crippen LogP contribution in [0.15, 0.2) is 58.4 Å². The number of ether oxygens (including phenoxy) is 1. The second kappa shape index (κ2) is 9.86. The summed E-state index contributed by atoms with van der Waals surface area (Å²) in [6, 6.07) is 13.5. The molecule has 33 heavy (non-hydrogen) atoms. The van der Waals surface area contributed by atoms with E-state index in [1.165, 1.54) is 21.1 Å². The van der Waals surface area contributed by atoms with Crippen LogP contribution in [-0.4, -0.2) is 44.8 Å². The van der Waals surface area contributed by atoms with Crippen molar-refractivity contribution in [3.63, 3.8) is 0 Å². The lowest BCUT2D eigenvalue weighted by Crippen LogP contribution is -2.31. The number of thiocarbonyl (C=S) groups is 1. The molecule has 1 fully saturated rings. The number of pyridine rings is 1. The maximum Gasteiger partial charge on any atom is 0.267 e. The SMILES string of the molecule is COCCN1C(=O)/C(=C/c2c(N[C@H](C)c3ccccc3)nc3c(C)cccn3c2=O)SC1=S. The summed E-state index contributed by atoms with van der Waals surface area (Å²) in [5, 5.41) is 3.38. The Balaban J connectivity index is 1.81. The fourth-order valence-corrected chi connectivity index (χ4v) is 4.88. The van der Waals surface area contributed by atoms with Crippen molar-refractivity contribution in [2.24, 2.45) is 0 Å². The number of anilines is 1. The number of carbonyl (C=O) groups is 1. The molecule has 1 saturated heterocycles. The Morgan fingerprint density at radius 1 is 1.21 bits per heavy atom. The Bertz CT molecular complexity index is 1300. The Kier molecular flexibility index (Phi) is 6.92. The van der Waals surface area contributed by atoms with E-state index in [0.29, 0.717) is 39.4 Å². The molecule has 2 aromatic heterocycles. The zero-order valence-electron chi connectivity index (χ0n) is 18.6. The van der Waals surface area contributed by atoms with Crippen LogP contribution in [0.1, 0.15) is 29.7 Å². The molecule has 3 aromatic rings. The van der Waals surface area contributed by atoms with Crippen LogP contribution in [0, 0.1) is 6.92 Å². The smallest absolute Gasteiger partial charge is 0.267 e. The van der Waals surface area contributed by atoms with E-state index in [1.807, 2.05) is 50.2 Å². The summed E-state index contributed by atoms with van der Waals surface area (Å²) in [6.45, 7) is 4.65. The zero-order chi connectivity index (χ0) is 23.5. The van der Waals surface area contributed by atoms with Crippen LogP contribution in [0.5, 0.6) is 0 Å². The van der Waals surface area contributed by atoms with Gasteiger partial charge in [0.25, 0.3) is 11.5 Å². The van der Waals surface area contributed by atoms with Crippen LogP contribution in [0.25, 0.3) is 11.7 Å². The van der Waals surface area contributed by atoms with Gasteiger partial charge in [-0.05, 0) is 37.1 Å². The number of benzene rings is 1. The molecule has 0 unspecified atom stereocenters. The molecule has 4 rings (SSSR count). The minimum Gasteiger partial charge on any atom is -0.383 e. The van der Waals surface area contributed by atoms with Gasteiger partial charge in [-0.1, -0.05) is 60.4 Å². The van der Waals surface area contributed by atoms with Crippen molar-refractivity contribution in [1.82, 2.24) is 14.3 Å². The Labute approximate surface area is 201 Å². The van der Waals surface area contributed by atoms with E-state index in [4.69, 9.17) is 21.9 Å². The molecule has 1 amide bonds. The molecule has 1 aromatic carbocycles. The highest BCUT2D eigenvalue weighted by atomic mass is 32.2. The van der Waals surface area contributed by atoms with Crippen molar-refractivity contribution < 1.29 is 9.53 Å². The average Bonchev–Trinajstić information content (AvgIpc) is 3.08. The summed E-state index contributed by atoms with van der Waals surface area (Å²) in [6.07, 6.45) is 3.28. The highest BCUT2D eigenvalue weighted by molar-refractivity contribution is 8.26. The lowest BCUT2D eigenvalue weighted by Gasteiger charge is -2.18. The Hall–Kier alpha value is -3.01. The molecule has 1 aliphatic rings. The minimum atomic E-state index is -0.256. The number of nitrogens with one attached hydrogen (secondary N) is 1. The van der Waals surface area contributed by atoms with Gasteiger partial charge in [0.05, 0.1) is 23.6 Å². The predicted molar refractivity (Wildman–Crippen MR) is 136 cm³/mol. The van der Waals surface area contributed by atoms with E-state index in [-0.39, 0.29) is 17.5 Å². The number of amides is 1. The van der Waals surface area contributed by atoms with Gasteiger partial charge in [-0.3, -0.25) is 18.9 Å². The molecule has 0 aliphatic carbocycles. The Morgan fingerprint density at radius 3 is 2.70 bits per heavy atom. The van der Waals surface area contributed by atoms with Gasteiger partial charge >= 0.3 is 0 Å². The molecule has 1 N–H and O–H groups in total. The van der Waals surface area contributed by atoms with E-state index in [9.17, 15) is 9.59 Å². The largest absolute Gasteiger partial charge is 0.383 e. The average molecular weight is 481 g/mol. The van der Waals surface area contributed by atoms with Crippen molar-refractivity contribution in [3.05, 3.63) is 80.6 Å². The third-order valence-corrected chi connectivity index (χ3v) is 6.78. The van der Waals surface area contributed by atoms with E-state index >= 15 is 0 Å². The van der Waals surface area contributed by atoms with Crippen LogP contribution < -0.4 is 10.9 Å². The van der Waals surface area contributed by atoms with Gasteiger partial charge in [0, 0.05) is 19.3 Å². The first-order valence-electron chi connectivity index (χ1n) is 10.5. The van der Waals surface area contributed by atoms with Gasteiger partial charge in [0.2, 0.25) is 0 Å². The molecule has 9 heteroatoms. The molecule has 0 saturated carbocycles. The molecule has 0 radical (unpaired) electrons. The van der Waals surface area contributed by atoms with Gasteiger partial charge in [0.1, 0.15) is 15.8 Å². The van der Waals surface area contributed by atoms with E-state index in [0.717, 1.165) is 11.1 Å². The molecular formula is C24H24N4O3S2. The number of methoxy groups -OCH3 is 1. The van der Waals surface area contributed by atoms with Crippen LogP contribution in [0.2, 0.25) is 0 Å². The van der Waals surface area contributed by atoms with Gasteiger partial charge in [-0.2, -0.15) is 0 Å². The molecule has 1 aliphatic heterocycles. The summed E-state index contributed by atoms with van der Waals surface area (Å²) in [7, 11) is 1.57. The molecule has 7 nitrogen and oxygen atoms in total. The van der Waals surface area contributed by atoms with Crippen molar-refractivity contribution >= 4 is 51.7 Å². The minimum absolute atomic E-state index is 0.104. The second-order valence-corrected chi connectivity index (χ2v) is 9.34. The van der Waals surface area contributed by atoms with Crippen LogP contribution in [0.3, 0.4) is 0 Å². The van der Waals surface area contributed by atoms with Crippen molar-refractivity contribution in [2.75, 3.05) is 25.6 Å². The predicted octanol–water partition coefficient (Wildman–Crippen LogP) is 4.02. The molecule has 0 bridgehead atoms. The van der Waals surface area contributed by atoms with Gasteiger partial charge in [-0.15, -0.1) is 0 Å². The highest BCUT2D eigenvalue weighted by Crippen LogP contribution is 2.33. The second-order valence-electron chi connectivity index (χ2n) is 7.67. The topological polar surface area (TPSA) is 75.9 Å². The third-order valence-electron chi connectivity index (χ3n) is 5.41. The maximum atomic E-state index is 13.5. The van der Waals surface area contributed by atoms with Crippen molar-refractivity contribution in [1.29, 1.82) is 0 Å². The lowest BCUT2D eigenvalue weighted by atomic mass is 10.1. The van der Waals surface area contributed by atoms with Crippen molar-refractivity contribution in [3.8, 4) is 0 Å². The van der Waals surface area contributed by atoms with Gasteiger partial charge < -0.3 is 10.1 Å². The lowest BCUT2D eigenvalue weighted by molar-refractivity contribution is -0.122. The summed E-state index contributed by atoms with van der Waals surface area (Å²) >= 11 is 6.55. The standard InChI is InChI=1S/C24H24N4O3S2/c1-15-8-7-11-27-21(15)26-20(25-16(2)17-9-5-4-6-10-17)18(22(27)29)14-19-23(30)28(12-13-31-3)24(32)33-19/h4-11,14,16,25H,12-13H2,1-3H3/b19-14-/t16-/m1/s1. The number of aromatic nitrogens is 2. The Morgan fingerprint density at radius 2 is 1.97 bits per heavy atom. The molecule has 0 spiro atoms. The number of carbonyl (C=O) groups excluding carboxylic acids is 1. The summed E-state index contributed by atoms with van der Waals surface area (Å²) < 4.78 is 7.03. The zero-order valence-corrected chi connectivity index (χ0v) is 20.2. The fourth-order valence-electron chi connectivity index (χ4n) is 3.59. The highest BCUT2D eigenvalue weighted by Gasteiger charge is 2.32. The number of fused-ring (bicyclic) bond motifs is 1. The first kappa shape index (κ1) is 23.2. The monoisotopic (exact) mass is 480 g/mol. The van der Waals surface area contributed by atoms with E-state index in [1.54, 1.807) is 25.4 Å². The van der Waals surface area contributed by atoms with Crippen molar-refractivity contribution in [2.45, 2.75) is 19.9 Å².